The van der Waals surface area contributed by atoms with E-state index in [9.17, 15) is 0 Å². The average molecular weight is 889 g/mol. The molecule has 0 spiro atoms. The van der Waals surface area contributed by atoms with Crippen LogP contribution in [0.2, 0.25) is 0 Å². The Labute approximate surface area is 406 Å². The molecule has 0 aliphatic carbocycles. The van der Waals surface area contributed by atoms with Crippen LogP contribution in [0, 0.1) is 0 Å². The van der Waals surface area contributed by atoms with Crippen LogP contribution in [-0.4, -0.2) is 353 Å². The molecule has 0 saturated carbocycles. The van der Waals surface area contributed by atoms with Gasteiger partial charge in [0.25, 0.3) is 0 Å². The number of hydrogen-bond donors (Lipinski definition) is 0. The SMILES string of the molecule is O.O.O.O.O=S(=O)([O-])[O-].O=S(=O)([O-])[O-].O=S(=O)([O-])[O-].O=S(=O)([O-])[O-].O=S(=O)([O-])[O-].O=S(=O)([O-])[O-].[Ca+2].[Ca+2].[Ca+2].[Ca+2].[Ca+2].[Ca+2]. The van der Waals surface area contributed by atoms with Gasteiger partial charge in [0.15, 0.2) is 0 Å². The fourth-order valence-electron chi connectivity index (χ4n) is 0. The number of rotatable bonds is 0. The minimum absolute atomic E-state index is 0. The van der Waals surface area contributed by atoms with Crippen molar-refractivity contribution in [2.24, 2.45) is 0 Å². The van der Waals surface area contributed by atoms with Gasteiger partial charge in [-0.25, -0.2) is 0 Å². The van der Waals surface area contributed by atoms with E-state index in [1.165, 1.54) is 0 Å². The molecule has 0 radical (unpaired) electrons. The molecule has 0 unspecified atom stereocenters. The van der Waals surface area contributed by atoms with Crippen LogP contribution in [0.4, 0.5) is 0 Å². The van der Waals surface area contributed by atoms with Crippen molar-refractivity contribution in [2.45, 2.75) is 0 Å². The molecule has 0 bridgehead atoms. The molecule has 0 aliphatic rings. The summed E-state index contributed by atoms with van der Waals surface area (Å²) < 4.78 is 205. The first-order chi connectivity index (χ1) is 12.0. The van der Waals surface area contributed by atoms with Crippen LogP contribution in [-0.2, 0) is 62.4 Å². The largest absolute Gasteiger partial charge is 2.00 e. The Balaban J connectivity index is -0.0000000118. The summed E-state index contributed by atoms with van der Waals surface area (Å²) in [5.41, 5.74) is 0. The van der Waals surface area contributed by atoms with Crippen molar-refractivity contribution in [2.75, 3.05) is 0 Å². The number of hydrogen-bond acceptors (Lipinski definition) is 24. The fraction of sp³-hybridized carbons (Fsp3) is 0. The summed E-state index contributed by atoms with van der Waals surface area (Å²) in [5, 5.41) is 0. The molecule has 0 fully saturated rings. The van der Waals surface area contributed by atoms with Crippen molar-refractivity contribution in [3.05, 3.63) is 0 Å². The van der Waals surface area contributed by atoms with Gasteiger partial charge in [-0.1, -0.05) is 0 Å². The Morgan fingerprint density at radius 3 is 0.200 bits per heavy atom. The van der Waals surface area contributed by atoms with Gasteiger partial charge in [-0.15, -0.1) is 0 Å². The first-order valence-electron chi connectivity index (χ1n) is 4.00. The van der Waals surface area contributed by atoms with E-state index in [4.69, 9.17) is 105 Å². The zero-order valence-corrected chi connectivity index (χ0v) is 36.6. The molecule has 28 nitrogen and oxygen atoms in total. The molecular weight excluding hydrogens is 881 g/mol. The second kappa shape index (κ2) is 50.0. The van der Waals surface area contributed by atoms with Crippen LogP contribution in [0.15, 0.2) is 0 Å². The summed E-state index contributed by atoms with van der Waals surface area (Å²) in [5.74, 6) is 0. The zero-order valence-electron chi connectivity index (χ0n) is 18.5. The Hall–Kier alpha value is 6.62. The topological polar surface area (TPSA) is 608 Å². The molecule has 40 heavy (non-hydrogen) atoms. The standard InChI is InChI=1S/6Ca.6H2O4S.4H2O/c;;;;;;6*1-5(2,3)4;;;;/h;;;;;;6*(H2,1,2,3,4);4*1H2/q6*+2;;;;;;;;;;/p-12. The van der Waals surface area contributed by atoms with E-state index in [0.29, 0.717) is 0 Å². The van der Waals surface area contributed by atoms with E-state index in [-0.39, 0.29) is 248 Å². The molecule has 0 rings (SSSR count). The fourth-order valence-corrected chi connectivity index (χ4v) is 0. The Kier molecular flexibility index (Phi) is 129. The van der Waals surface area contributed by atoms with E-state index in [2.05, 4.69) is 0 Å². The Bertz CT molecular complexity index is 779. The minimum Gasteiger partial charge on any atom is -0.759 e. The van der Waals surface area contributed by atoms with Gasteiger partial charge in [-0.05, 0) is 0 Å². The molecule has 8 N–H and O–H groups in total. The van der Waals surface area contributed by atoms with Crippen LogP contribution < -0.4 is 0 Å². The van der Waals surface area contributed by atoms with E-state index in [1.807, 2.05) is 0 Å². The summed E-state index contributed by atoms with van der Waals surface area (Å²) in [6.07, 6.45) is 0. The molecule has 0 aromatic heterocycles. The van der Waals surface area contributed by atoms with E-state index >= 15 is 0 Å². The molecule has 0 amide bonds. The third-order valence-corrected chi connectivity index (χ3v) is 0. The normalized spacial score (nSPS) is 8.70. The monoisotopic (exact) mass is 888 g/mol. The maximum Gasteiger partial charge on any atom is 2.00 e. The first-order valence-corrected chi connectivity index (χ1v) is 12.0. The van der Waals surface area contributed by atoms with Gasteiger partial charge < -0.3 is 76.5 Å². The molecule has 0 heterocycles. The minimum atomic E-state index is -5.17. The summed E-state index contributed by atoms with van der Waals surface area (Å²) in [4.78, 5) is 0. The quantitative estimate of drug-likeness (QED) is 0.124. The second-order valence-electron chi connectivity index (χ2n) is 2.45. The van der Waals surface area contributed by atoms with Crippen LogP contribution in [0.5, 0.6) is 0 Å². The Morgan fingerprint density at radius 2 is 0.200 bits per heavy atom. The molecule has 0 aliphatic heterocycles. The van der Waals surface area contributed by atoms with Crippen molar-refractivity contribution < 1.29 is 127 Å². The van der Waals surface area contributed by atoms with Gasteiger partial charge in [0.05, 0.1) is 0 Å². The van der Waals surface area contributed by atoms with Crippen LogP contribution in [0.25, 0.3) is 0 Å². The maximum atomic E-state index is 8.52. The summed E-state index contributed by atoms with van der Waals surface area (Å²) >= 11 is 0. The van der Waals surface area contributed by atoms with Gasteiger partial charge >= 0.3 is 226 Å². The molecule has 40 heteroatoms. The molecule has 224 valence electrons. The summed E-state index contributed by atoms with van der Waals surface area (Å²) in [6.45, 7) is 0. The molecule has 0 atom stereocenters. The van der Waals surface area contributed by atoms with Crippen LogP contribution >= 0.6 is 0 Å². The van der Waals surface area contributed by atoms with Crippen molar-refractivity contribution in [3.8, 4) is 0 Å². The van der Waals surface area contributed by atoms with E-state index in [1.54, 1.807) is 0 Å². The van der Waals surface area contributed by atoms with Gasteiger partial charge in [0, 0.05) is 62.4 Å². The summed E-state index contributed by atoms with van der Waals surface area (Å²) in [7, 11) is -31.0. The summed E-state index contributed by atoms with van der Waals surface area (Å²) in [6, 6.07) is 0. The third kappa shape index (κ3) is 1940. The van der Waals surface area contributed by atoms with Crippen molar-refractivity contribution >= 4 is 289 Å². The molecule has 0 aromatic rings. The van der Waals surface area contributed by atoms with Gasteiger partial charge in [-0.3, -0.25) is 50.5 Å². The van der Waals surface area contributed by atoms with E-state index < -0.39 is 62.4 Å². The first kappa shape index (κ1) is 103. The van der Waals surface area contributed by atoms with Crippen molar-refractivity contribution in [3.63, 3.8) is 0 Å². The van der Waals surface area contributed by atoms with Gasteiger partial charge in [0.2, 0.25) is 0 Å². The predicted molar refractivity (Wildman–Crippen MR) is 112 cm³/mol. The average Bonchev–Trinajstić information content (AvgIpc) is 1.94. The van der Waals surface area contributed by atoms with Crippen molar-refractivity contribution in [1.82, 2.24) is 0 Å². The maximum absolute atomic E-state index is 8.52. The molecule has 0 aromatic carbocycles. The van der Waals surface area contributed by atoms with Gasteiger partial charge in [0.1, 0.15) is 0 Å². The molecular formula is H8Ca6O28S6. The second-order valence-corrected chi connectivity index (χ2v) is 7.35. The van der Waals surface area contributed by atoms with E-state index in [0.717, 1.165) is 0 Å². The van der Waals surface area contributed by atoms with Crippen molar-refractivity contribution in [1.29, 1.82) is 0 Å². The zero-order chi connectivity index (χ0) is 27.0. The van der Waals surface area contributed by atoms with Gasteiger partial charge in [-0.2, -0.15) is 0 Å². The van der Waals surface area contributed by atoms with Crippen LogP contribution in [0.1, 0.15) is 0 Å². The molecule has 0 saturated heterocycles. The van der Waals surface area contributed by atoms with Crippen LogP contribution in [0.3, 0.4) is 0 Å². The smallest absolute Gasteiger partial charge is 0.759 e. The third-order valence-electron chi connectivity index (χ3n) is 0. The predicted octanol–water partition coefficient (Wildman–Crippen LogP) is -13.6. The Morgan fingerprint density at radius 1 is 0.200 bits per heavy atom.